The molecule has 0 spiro atoms. The van der Waals surface area contributed by atoms with Gasteiger partial charge in [-0.15, -0.1) is 0 Å². The number of halogens is 6. The van der Waals surface area contributed by atoms with Gasteiger partial charge in [0.05, 0.1) is 10.0 Å². The Hall–Kier alpha value is -0.240. The van der Waals surface area contributed by atoms with Crippen LogP contribution in [-0.2, 0) is 16.0 Å². The summed E-state index contributed by atoms with van der Waals surface area (Å²) in [6, 6.07) is 0. The molecule has 0 fully saturated rings. The van der Waals surface area contributed by atoms with E-state index in [1.807, 2.05) is 0 Å². The highest BCUT2D eigenvalue weighted by molar-refractivity contribution is 7.91. The highest BCUT2D eigenvalue weighted by Gasteiger charge is 2.39. The highest BCUT2D eigenvalue weighted by atomic mass is 35.5. The first-order chi connectivity index (χ1) is 7.46. The van der Waals surface area contributed by atoms with Gasteiger partial charge in [-0.2, -0.15) is 13.2 Å². The fourth-order valence-corrected chi connectivity index (χ4v) is 3.36. The van der Waals surface area contributed by atoms with Gasteiger partial charge in [-0.3, -0.25) is 0 Å². The van der Waals surface area contributed by atoms with Crippen molar-refractivity contribution in [3.05, 3.63) is 20.9 Å². The quantitative estimate of drug-likeness (QED) is 0.742. The predicted octanol–water partition coefficient (Wildman–Crippen LogP) is 3.46. The zero-order valence-corrected chi connectivity index (χ0v) is 11.0. The topological polar surface area (TPSA) is 47.0 Å². The van der Waals surface area contributed by atoms with Crippen molar-refractivity contribution in [2.24, 2.45) is 0 Å². The second kappa shape index (κ2) is 4.46. The standard InChI is InChI=1S/C7H3Cl3F3NO2S/c1-17(15,16)4-2(8)5(7(11,12)13)14-6(10)3(4)9/h1H3. The van der Waals surface area contributed by atoms with E-state index in [0.717, 1.165) is 0 Å². The minimum absolute atomic E-state index is 0.632. The molecule has 0 aliphatic rings. The van der Waals surface area contributed by atoms with Crippen LogP contribution in [0.4, 0.5) is 13.2 Å². The number of alkyl halides is 3. The first-order valence-electron chi connectivity index (χ1n) is 3.78. The van der Waals surface area contributed by atoms with Crippen LogP contribution >= 0.6 is 34.8 Å². The molecule has 1 rings (SSSR count). The summed E-state index contributed by atoms with van der Waals surface area (Å²) in [7, 11) is -4.06. The Bertz CT molecular complexity index is 571. The van der Waals surface area contributed by atoms with Crippen molar-refractivity contribution in [3.8, 4) is 0 Å². The molecule has 0 saturated carbocycles. The third-order valence-corrected chi connectivity index (χ3v) is 4.12. The van der Waals surface area contributed by atoms with Crippen LogP contribution in [0.5, 0.6) is 0 Å². The van der Waals surface area contributed by atoms with Gasteiger partial charge in [0.15, 0.2) is 15.5 Å². The monoisotopic (exact) mass is 327 g/mol. The number of rotatable bonds is 1. The Morgan fingerprint density at radius 1 is 1.12 bits per heavy atom. The van der Waals surface area contributed by atoms with Crippen LogP contribution in [0.3, 0.4) is 0 Å². The number of hydrogen-bond donors (Lipinski definition) is 0. The minimum atomic E-state index is -4.93. The summed E-state index contributed by atoms with van der Waals surface area (Å²) in [5.74, 6) is 0. The number of nitrogens with zero attached hydrogens (tertiary/aromatic N) is 1. The molecule has 17 heavy (non-hydrogen) atoms. The third-order valence-electron chi connectivity index (χ3n) is 1.64. The summed E-state index contributed by atoms with van der Waals surface area (Å²) in [6.07, 6.45) is -4.26. The van der Waals surface area contributed by atoms with E-state index in [1.54, 1.807) is 0 Å². The lowest BCUT2D eigenvalue weighted by atomic mass is 10.3. The highest BCUT2D eigenvalue weighted by Crippen LogP contribution is 2.41. The van der Waals surface area contributed by atoms with Crippen molar-refractivity contribution in [1.82, 2.24) is 4.98 Å². The van der Waals surface area contributed by atoms with E-state index in [0.29, 0.717) is 6.26 Å². The summed E-state index contributed by atoms with van der Waals surface area (Å²) in [5, 5.41) is -2.50. The smallest absolute Gasteiger partial charge is 0.228 e. The van der Waals surface area contributed by atoms with Gasteiger partial charge in [-0.05, 0) is 0 Å². The fraction of sp³-hybridized carbons (Fsp3) is 0.286. The van der Waals surface area contributed by atoms with Crippen molar-refractivity contribution < 1.29 is 21.6 Å². The second-order valence-corrected chi connectivity index (χ2v) is 6.04. The van der Waals surface area contributed by atoms with Gasteiger partial charge in [0.2, 0.25) is 0 Å². The fourth-order valence-electron chi connectivity index (χ4n) is 1.01. The molecule has 0 radical (unpaired) electrons. The van der Waals surface area contributed by atoms with Crippen molar-refractivity contribution in [3.63, 3.8) is 0 Å². The SMILES string of the molecule is CS(=O)(=O)c1c(Cl)c(Cl)nc(C(F)(F)F)c1Cl. The number of hydrogen-bond acceptors (Lipinski definition) is 3. The Labute approximate surface area is 109 Å². The Balaban J connectivity index is 3.80. The number of aromatic nitrogens is 1. The molecule has 0 amide bonds. The van der Waals surface area contributed by atoms with Crippen LogP contribution in [0.1, 0.15) is 5.69 Å². The van der Waals surface area contributed by atoms with Gasteiger partial charge in [0.1, 0.15) is 10.0 Å². The number of sulfone groups is 1. The lowest BCUT2D eigenvalue weighted by Crippen LogP contribution is -2.13. The van der Waals surface area contributed by atoms with Gasteiger partial charge in [-0.25, -0.2) is 13.4 Å². The molecule has 10 heteroatoms. The second-order valence-electron chi connectivity index (χ2n) is 2.98. The molecule has 0 aliphatic carbocycles. The van der Waals surface area contributed by atoms with E-state index in [-0.39, 0.29) is 0 Å². The third kappa shape index (κ3) is 2.96. The van der Waals surface area contributed by atoms with Crippen LogP contribution in [0.2, 0.25) is 15.2 Å². The van der Waals surface area contributed by atoms with Gasteiger partial charge >= 0.3 is 6.18 Å². The first-order valence-corrected chi connectivity index (χ1v) is 6.80. The van der Waals surface area contributed by atoms with Crippen LogP contribution in [0.25, 0.3) is 0 Å². The Morgan fingerprint density at radius 3 is 1.94 bits per heavy atom. The van der Waals surface area contributed by atoms with Crippen LogP contribution in [-0.4, -0.2) is 19.7 Å². The van der Waals surface area contributed by atoms with Gasteiger partial charge in [0.25, 0.3) is 0 Å². The molecule has 0 aliphatic heterocycles. The van der Waals surface area contributed by atoms with Crippen molar-refractivity contribution in [2.75, 3.05) is 6.26 Å². The van der Waals surface area contributed by atoms with Gasteiger partial charge < -0.3 is 0 Å². The van der Waals surface area contributed by atoms with E-state index in [9.17, 15) is 21.6 Å². The van der Waals surface area contributed by atoms with Crippen molar-refractivity contribution in [1.29, 1.82) is 0 Å². The van der Waals surface area contributed by atoms with Crippen molar-refractivity contribution in [2.45, 2.75) is 11.1 Å². The molecule has 0 unspecified atom stereocenters. The summed E-state index contributed by atoms with van der Waals surface area (Å²) in [5.41, 5.74) is -1.59. The average molecular weight is 329 g/mol. The van der Waals surface area contributed by atoms with Gasteiger partial charge in [-0.1, -0.05) is 34.8 Å². The largest absolute Gasteiger partial charge is 0.434 e. The maximum atomic E-state index is 12.5. The van der Waals surface area contributed by atoms with Gasteiger partial charge in [0, 0.05) is 6.26 Å². The summed E-state index contributed by atoms with van der Waals surface area (Å²) in [6.45, 7) is 0. The Kier molecular flexibility index (Phi) is 3.88. The minimum Gasteiger partial charge on any atom is -0.228 e. The summed E-state index contributed by atoms with van der Waals surface area (Å²) in [4.78, 5) is 2.05. The Morgan fingerprint density at radius 2 is 1.59 bits per heavy atom. The summed E-state index contributed by atoms with van der Waals surface area (Å²) >= 11 is 16.2. The molecule has 3 nitrogen and oxygen atoms in total. The summed E-state index contributed by atoms with van der Waals surface area (Å²) < 4.78 is 60.0. The van der Waals surface area contributed by atoms with E-state index in [2.05, 4.69) is 4.98 Å². The van der Waals surface area contributed by atoms with E-state index < -0.39 is 41.8 Å². The zero-order valence-electron chi connectivity index (χ0n) is 7.94. The van der Waals surface area contributed by atoms with E-state index >= 15 is 0 Å². The average Bonchev–Trinajstić information content (AvgIpc) is 2.07. The lowest BCUT2D eigenvalue weighted by molar-refractivity contribution is -0.141. The number of pyridine rings is 1. The molecule has 0 atom stereocenters. The molecule has 0 aromatic carbocycles. The molecule has 1 aromatic heterocycles. The van der Waals surface area contributed by atoms with Crippen LogP contribution < -0.4 is 0 Å². The lowest BCUT2D eigenvalue weighted by Gasteiger charge is -2.12. The molecule has 0 saturated heterocycles. The van der Waals surface area contributed by atoms with Crippen LogP contribution in [0.15, 0.2) is 4.90 Å². The first kappa shape index (κ1) is 14.8. The zero-order chi connectivity index (χ0) is 13.6. The normalized spacial score (nSPS) is 12.9. The predicted molar refractivity (Wildman–Crippen MR) is 57.4 cm³/mol. The molecule has 0 N–H and O–H groups in total. The van der Waals surface area contributed by atoms with Crippen LogP contribution in [0, 0.1) is 0 Å². The molecular weight excluding hydrogens is 326 g/mol. The maximum Gasteiger partial charge on any atom is 0.434 e. The van der Waals surface area contributed by atoms with Crippen molar-refractivity contribution >= 4 is 44.6 Å². The molecular formula is C7H3Cl3F3NO2S. The van der Waals surface area contributed by atoms with E-state index in [4.69, 9.17) is 34.8 Å². The molecule has 96 valence electrons. The molecule has 1 heterocycles. The maximum absolute atomic E-state index is 12.5. The van der Waals surface area contributed by atoms with E-state index in [1.165, 1.54) is 0 Å². The molecule has 1 aromatic rings. The molecule has 0 bridgehead atoms.